The van der Waals surface area contributed by atoms with E-state index < -0.39 is 23.0 Å². The van der Waals surface area contributed by atoms with Crippen molar-refractivity contribution in [3.63, 3.8) is 0 Å². The lowest BCUT2D eigenvalue weighted by molar-refractivity contribution is -0.137. The van der Waals surface area contributed by atoms with E-state index in [0.717, 1.165) is 31.6 Å². The van der Waals surface area contributed by atoms with Crippen molar-refractivity contribution >= 4 is 0 Å². The number of aromatic amines is 1. The zero-order valence-corrected chi connectivity index (χ0v) is 17.8. The number of halogens is 3. The summed E-state index contributed by atoms with van der Waals surface area (Å²) in [5.74, 6) is 0.452. The third-order valence-electron chi connectivity index (χ3n) is 6.79. The Labute approximate surface area is 187 Å². The largest absolute Gasteiger partial charge is 0.416 e. The predicted octanol–water partition coefficient (Wildman–Crippen LogP) is 3.28. The zero-order valence-electron chi connectivity index (χ0n) is 17.8. The Morgan fingerprint density at radius 2 is 1.76 bits per heavy atom. The molecule has 2 aliphatic rings. The first-order chi connectivity index (χ1) is 15.8. The maximum atomic E-state index is 12.9. The number of H-pyrrole nitrogens is 1. The van der Waals surface area contributed by atoms with Crippen LogP contribution in [0.5, 0.6) is 0 Å². The van der Waals surface area contributed by atoms with Crippen molar-refractivity contribution in [3.8, 4) is 11.3 Å². The van der Waals surface area contributed by atoms with Gasteiger partial charge in [-0.15, -0.1) is 0 Å². The number of alkyl halides is 3. The molecule has 2 heterocycles. The van der Waals surface area contributed by atoms with Gasteiger partial charge >= 0.3 is 11.9 Å². The molecule has 0 unspecified atom stereocenters. The second-order valence-corrected chi connectivity index (χ2v) is 8.92. The maximum Gasteiger partial charge on any atom is 0.416 e. The van der Waals surface area contributed by atoms with E-state index in [1.165, 1.54) is 16.8 Å². The molecule has 0 bridgehead atoms. The first-order valence-corrected chi connectivity index (χ1v) is 10.9. The lowest BCUT2D eigenvalue weighted by Gasteiger charge is -2.21. The van der Waals surface area contributed by atoms with Crippen molar-refractivity contribution in [2.45, 2.75) is 31.0 Å². The standard InChI is InChI=1S/C24H23F3N4O2/c25-24(26,27)18-9-7-17(8-10-18)23-13-19(23)14-30(15-23)11-4-12-31-22(33)28-21(32)20(29-31)16-5-2-1-3-6-16/h1-3,5-10,19H,4,11-15H2,(H,28,32,33)/t19-,23-/m0/s1. The summed E-state index contributed by atoms with van der Waals surface area (Å²) < 4.78 is 39.9. The Morgan fingerprint density at radius 3 is 2.45 bits per heavy atom. The molecule has 33 heavy (non-hydrogen) atoms. The molecule has 1 aromatic heterocycles. The first kappa shape index (κ1) is 21.6. The molecule has 1 saturated heterocycles. The van der Waals surface area contributed by atoms with E-state index in [0.29, 0.717) is 24.4 Å². The second-order valence-electron chi connectivity index (χ2n) is 8.92. The number of nitrogens with one attached hydrogen (secondary N) is 1. The maximum absolute atomic E-state index is 12.9. The minimum Gasteiger partial charge on any atom is -0.302 e. The minimum atomic E-state index is -4.32. The van der Waals surface area contributed by atoms with Crippen LogP contribution in [0.15, 0.2) is 64.2 Å². The lowest BCUT2D eigenvalue weighted by atomic mass is 9.94. The summed E-state index contributed by atoms with van der Waals surface area (Å²) in [6.07, 6.45) is -2.66. The molecule has 2 atom stereocenters. The van der Waals surface area contributed by atoms with E-state index in [1.807, 2.05) is 6.07 Å². The van der Waals surface area contributed by atoms with Crippen molar-refractivity contribution in [1.82, 2.24) is 19.7 Å². The smallest absolute Gasteiger partial charge is 0.302 e. The fourth-order valence-electron chi connectivity index (χ4n) is 5.01. The van der Waals surface area contributed by atoms with Crippen molar-refractivity contribution in [2.75, 3.05) is 19.6 Å². The number of aromatic nitrogens is 3. The third-order valence-corrected chi connectivity index (χ3v) is 6.79. The Bertz CT molecular complexity index is 1270. The van der Waals surface area contributed by atoms with Crippen LogP contribution in [0.3, 0.4) is 0 Å². The normalized spacial score (nSPS) is 22.3. The van der Waals surface area contributed by atoms with Crippen molar-refractivity contribution in [3.05, 3.63) is 86.6 Å². The molecule has 5 rings (SSSR count). The van der Waals surface area contributed by atoms with Gasteiger partial charge in [-0.05, 0) is 43.0 Å². The Kier molecular flexibility index (Phi) is 5.23. The third kappa shape index (κ3) is 4.13. The molecular weight excluding hydrogens is 433 g/mol. The summed E-state index contributed by atoms with van der Waals surface area (Å²) in [7, 11) is 0. The van der Waals surface area contributed by atoms with Gasteiger partial charge < -0.3 is 4.90 Å². The fraction of sp³-hybridized carbons (Fsp3) is 0.375. The van der Waals surface area contributed by atoms with Crippen molar-refractivity contribution in [1.29, 1.82) is 0 Å². The number of aryl methyl sites for hydroxylation is 1. The molecule has 1 aliphatic carbocycles. The van der Waals surface area contributed by atoms with E-state index in [4.69, 9.17) is 0 Å². The van der Waals surface area contributed by atoms with Crippen LogP contribution in [0.1, 0.15) is 24.0 Å². The van der Waals surface area contributed by atoms with Gasteiger partial charge in [0.2, 0.25) is 0 Å². The molecule has 0 radical (unpaired) electrons. The van der Waals surface area contributed by atoms with Gasteiger partial charge in [-0.3, -0.25) is 9.78 Å². The van der Waals surface area contributed by atoms with Crippen molar-refractivity contribution in [2.24, 2.45) is 5.92 Å². The van der Waals surface area contributed by atoms with Crippen LogP contribution >= 0.6 is 0 Å². The first-order valence-electron chi connectivity index (χ1n) is 10.9. The number of hydrogen-bond donors (Lipinski definition) is 1. The van der Waals surface area contributed by atoms with Crippen LogP contribution in [0.25, 0.3) is 11.3 Å². The second kappa shape index (κ2) is 7.98. The molecule has 1 aliphatic heterocycles. The van der Waals surface area contributed by atoms with Gasteiger partial charge in [0, 0.05) is 30.6 Å². The van der Waals surface area contributed by atoms with E-state index >= 15 is 0 Å². The van der Waals surface area contributed by atoms with Gasteiger partial charge in [0.25, 0.3) is 5.56 Å². The highest BCUT2D eigenvalue weighted by atomic mass is 19.4. The summed E-state index contributed by atoms with van der Waals surface area (Å²) in [4.78, 5) is 29.0. The van der Waals surface area contributed by atoms with Gasteiger partial charge in [-0.1, -0.05) is 42.5 Å². The highest BCUT2D eigenvalue weighted by molar-refractivity contribution is 5.56. The molecular formula is C24H23F3N4O2. The average molecular weight is 456 g/mol. The number of hydrogen-bond acceptors (Lipinski definition) is 4. The molecule has 2 aromatic carbocycles. The molecule has 3 aromatic rings. The predicted molar refractivity (Wildman–Crippen MR) is 117 cm³/mol. The highest BCUT2D eigenvalue weighted by Crippen LogP contribution is 2.59. The molecule has 172 valence electrons. The summed E-state index contributed by atoms with van der Waals surface area (Å²) in [6.45, 7) is 2.80. The minimum absolute atomic E-state index is 0.0579. The van der Waals surface area contributed by atoms with Gasteiger partial charge in [-0.25, -0.2) is 9.48 Å². The number of fused-ring (bicyclic) bond motifs is 1. The van der Waals surface area contributed by atoms with Gasteiger partial charge in [0.15, 0.2) is 5.69 Å². The number of benzene rings is 2. The van der Waals surface area contributed by atoms with E-state index in [2.05, 4.69) is 15.0 Å². The molecule has 1 saturated carbocycles. The quantitative estimate of drug-likeness (QED) is 0.618. The molecule has 0 spiro atoms. The SMILES string of the molecule is O=c1[nH]c(=O)n(CCCN2C[C@@H]3C[C@@]3(c3ccc(C(F)(F)F)cc3)C2)nc1-c1ccccc1. The Balaban J connectivity index is 1.22. The number of piperidine rings is 1. The van der Waals surface area contributed by atoms with Crippen molar-refractivity contribution < 1.29 is 13.2 Å². The summed E-state index contributed by atoms with van der Waals surface area (Å²) >= 11 is 0. The lowest BCUT2D eigenvalue weighted by Crippen LogP contribution is -2.35. The Morgan fingerprint density at radius 1 is 1.03 bits per heavy atom. The van der Waals surface area contributed by atoms with Crippen LogP contribution in [-0.4, -0.2) is 39.3 Å². The molecule has 9 heteroatoms. The molecule has 6 nitrogen and oxygen atoms in total. The Hall–Kier alpha value is -3.20. The zero-order chi connectivity index (χ0) is 23.2. The van der Waals surface area contributed by atoms with Crippen LogP contribution in [-0.2, 0) is 18.1 Å². The van der Waals surface area contributed by atoms with Gasteiger partial charge in [-0.2, -0.15) is 18.3 Å². The number of nitrogens with zero attached hydrogens (tertiary/aromatic N) is 3. The topological polar surface area (TPSA) is 71.0 Å². The van der Waals surface area contributed by atoms with Crippen LogP contribution in [0.2, 0.25) is 0 Å². The average Bonchev–Trinajstić information content (AvgIpc) is 3.36. The number of rotatable bonds is 6. The van der Waals surface area contributed by atoms with Crippen LogP contribution in [0.4, 0.5) is 13.2 Å². The summed E-state index contributed by atoms with van der Waals surface area (Å²) in [5.41, 5.74) is 0.0881. The van der Waals surface area contributed by atoms with E-state index in [1.54, 1.807) is 36.4 Å². The highest BCUT2D eigenvalue weighted by Gasteiger charge is 2.60. The van der Waals surface area contributed by atoms with E-state index in [9.17, 15) is 22.8 Å². The molecule has 1 N–H and O–H groups in total. The van der Waals surface area contributed by atoms with Gasteiger partial charge in [0.1, 0.15) is 0 Å². The van der Waals surface area contributed by atoms with Crippen LogP contribution < -0.4 is 11.2 Å². The summed E-state index contributed by atoms with van der Waals surface area (Å²) in [5, 5.41) is 4.27. The van der Waals surface area contributed by atoms with Gasteiger partial charge in [0.05, 0.1) is 5.56 Å². The monoisotopic (exact) mass is 456 g/mol. The fourth-order valence-corrected chi connectivity index (χ4v) is 5.01. The van der Waals surface area contributed by atoms with E-state index in [-0.39, 0.29) is 11.1 Å². The summed E-state index contributed by atoms with van der Waals surface area (Å²) in [6, 6.07) is 14.5. The molecule has 2 fully saturated rings. The number of likely N-dealkylation sites (tertiary alicyclic amines) is 1. The van der Waals surface area contributed by atoms with Crippen LogP contribution in [0, 0.1) is 5.92 Å². The molecule has 0 amide bonds.